The van der Waals surface area contributed by atoms with Crippen molar-refractivity contribution in [2.45, 2.75) is 37.8 Å². The summed E-state index contributed by atoms with van der Waals surface area (Å²) in [6.45, 7) is 5.24. The average molecular weight is 303 g/mol. The number of nitrogens with one attached hydrogen (secondary N) is 2. The molecule has 1 unspecified atom stereocenters. The van der Waals surface area contributed by atoms with Crippen LogP contribution in [0.1, 0.15) is 26.0 Å². The van der Waals surface area contributed by atoms with Gasteiger partial charge in [-0.2, -0.15) is 4.31 Å². The molecule has 1 rings (SSSR count). The van der Waals surface area contributed by atoms with Gasteiger partial charge in [-0.1, -0.05) is 6.92 Å². The van der Waals surface area contributed by atoms with Crippen LogP contribution in [0, 0.1) is 0 Å². The Morgan fingerprint density at radius 3 is 2.75 bits per heavy atom. The summed E-state index contributed by atoms with van der Waals surface area (Å²) in [5.41, 5.74) is 0.849. The highest BCUT2D eigenvalue weighted by Gasteiger charge is 2.28. The lowest BCUT2D eigenvalue weighted by Crippen LogP contribution is -2.40. The lowest BCUT2D eigenvalue weighted by Gasteiger charge is -2.26. The zero-order valence-corrected chi connectivity index (χ0v) is 13.5. The number of sulfonamides is 1. The zero-order valence-electron chi connectivity index (χ0n) is 12.6. The Bertz CT molecular complexity index is 499. The van der Waals surface area contributed by atoms with Crippen LogP contribution in [0.5, 0.6) is 0 Å². The van der Waals surface area contributed by atoms with Crippen molar-refractivity contribution in [3.8, 4) is 0 Å². The minimum absolute atomic E-state index is 0.0576. The lowest BCUT2D eigenvalue weighted by molar-refractivity contribution is 0.167. The lowest BCUT2D eigenvalue weighted by atomic mass is 10.3. The molecular weight excluding hydrogens is 278 g/mol. The number of methoxy groups -OCH3 is 1. The van der Waals surface area contributed by atoms with E-state index in [9.17, 15) is 8.42 Å². The van der Waals surface area contributed by atoms with E-state index in [-0.39, 0.29) is 6.04 Å². The van der Waals surface area contributed by atoms with Gasteiger partial charge in [0, 0.05) is 38.1 Å². The third-order valence-electron chi connectivity index (χ3n) is 3.29. The van der Waals surface area contributed by atoms with Crippen LogP contribution < -0.4 is 5.32 Å². The van der Waals surface area contributed by atoms with Crippen molar-refractivity contribution in [1.82, 2.24) is 14.6 Å². The van der Waals surface area contributed by atoms with E-state index in [1.54, 1.807) is 19.4 Å². The quantitative estimate of drug-likeness (QED) is 0.718. The summed E-state index contributed by atoms with van der Waals surface area (Å²) in [6, 6.07) is 1.62. The Balaban J connectivity index is 3.01. The Kier molecular flexibility index (Phi) is 6.67. The van der Waals surface area contributed by atoms with Crippen LogP contribution in [0.2, 0.25) is 0 Å². The number of hydrogen-bond acceptors (Lipinski definition) is 4. The normalized spacial score (nSPS) is 13.8. The molecule has 6 nitrogen and oxygen atoms in total. The molecule has 7 heteroatoms. The largest absolute Gasteiger partial charge is 0.383 e. The van der Waals surface area contributed by atoms with E-state index in [1.165, 1.54) is 4.31 Å². The number of nitrogens with zero attached hydrogens (tertiary/aromatic N) is 1. The molecule has 0 spiro atoms. The molecule has 0 saturated carbocycles. The van der Waals surface area contributed by atoms with E-state index in [0.717, 1.165) is 12.1 Å². The van der Waals surface area contributed by atoms with Gasteiger partial charge in [-0.25, -0.2) is 8.42 Å². The van der Waals surface area contributed by atoms with Crippen LogP contribution in [0.15, 0.2) is 17.2 Å². The van der Waals surface area contributed by atoms with Crippen molar-refractivity contribution < 1.29 is 13.2 Å². The first-order valence-electron chi connectivity index (χ1n) is 6.80. The maximum Gasteiger partial charge on any atom is 0.244 e. The van der Waals surface area contributed by atoms with Crippen LogP contribution in [0.25, 0.3) is 0 Å². The molecule has 20 heavy (non-hydrogen) atoms. The van der Waals surface area contributed by atoms with Gasteiger partial charge >= 0.3 is 0 Å². The highest BCUT2D eigenvalue weighted by molar-refractivity contribution is 7.89. The van der Waals surface area contributed by atoms with Crippen LogP contribution in [0.3, 0.4) is 0 Å². The number of rotatable bonds is 9. The molecule has 1 heterocycles. The second-order valence-electron chi connectivity index (χ2n) is 4.76. The van der Waals surface area contributed by atoms with E-state index in [1.807, 2.05) is 20.9 Å². The maximum atomic E-state index is 12.7. The first-order valence-corrected chi connectivity index (χ1v) is 8.24. The van der Waals surface area contributed by atoms with E-state index in [2.05, 4.69) is 10.3 Å². The van der Waals surface area contributed by atoms with Crippen molar-refractivity contribution in [2.24, 2.45) is 0 Å². The summed E-state index contributed by atoms with van der Waals surface area (Å²) in [6.07, 6.45) is 2.31. The van der Waals surface area contributed by atoms with Gasteiger partial charge in [-0.15, -0.1) is 0 Å². The van der Waals surface area contributed by atoms with Crippen molar-refractivity contribution >= 4 is 10.0 Å². The van der Waals surface area contributed by atoms with E-state index in [4.69, 9.17) is 4.74 Å². The maximum absolute atomic E-state index is 12.7. The van der Waals surface area contributed by atoms with Crippen LogP contribution >= 0.6 is 0 Å². The molecule has 0 aliphatic carbocycles. The molecule has 0 fully saturated rings. The monoisotopic (exact) mass is 303 g/mol. The van der Waals surface area contributed by atoms with E-state index < -0.39 is 10.0 Å². The summed E-state index contributed by atoms with van der Waals surface area (Å²) in [5, 5.41) is 2.99. The van der Waals surface area contributed by atoms with Gasteiger partial charge in [0.1, 0.15) is 0 Å². The fourth-order valence-corrected chi connectivity index (χ4v) is 3.67. The van der Waals surface area contributed by atoms with Crippen molar-refractivity contribution in [2.75, 3.05) is 27.3 Å². The summed E-state index contributed by atoms with van der Waals surface area (Å²) in [7, 11) is -0.0972. The molecule has 0 aliphatic heterocycles. The molecule has 1 aromatic rings. The Labute approximate surface area is 121 Å². The zero-order chi connectivity index (χ0) is 15.2. The number of hydrogen-bond donors (Lipinski definition) is 2. The summed E-state index contributed by atoms with van der Waals surface area (Å²) < 4.78 is 31.9. The molecule has 0 bridgehead atoms. The van der Waals surface area contributed by atoms with E-state index >= 15 is 0 Å². The highest BCUT2D eigenvalue weighted by Crippen LogP contribution is 2.20. The number of H-pyrrole nitrogens is 1. The highest BCUT2D eigenvalue weighted by atomic mass is 32.2. The number of ether oxygens (including phenoxy) is 1. The molecule has 0 saturated heterocycles. The van der Waals surface area contributed by atoms with Gasteiger partial charge in [0.05, 0.1) is 11.5 Å². The SMILES string of the molecule is CCC(C)N(CCOC)S(=O)(=O)c1c[nH]c(CNC)c1. The Morgan fingerprint density at radius 1 is 1.50 bits per heavy atom. The van der Waals surface area contributed by atoms with E-state index in [0.29, 0.717) is 24.6 Å². The summed E-state index contributed by atoms with van der Waals surface area (Å²) >= 11 is 0. The summed E-state index contributed by atoms with van der Waals surface area (Å²) in [4.78, 5) is 3.29. The van der Waals surface area contributed by atoms with Crippen molar-refractivity contribution in [1.29, 1.82) is 0 Å². The first kappa shape index (κ1) is 17.2. The van der Waals surface area contributed by atoms with Crippen molar-refractivity contribution in [3.63, 3.8) is 0 Å². The second kappa shape index (κ2) is 7.78. The number of aromatic amines is 1. The van der Waals surface area contributed by atoms with Crippen LogP contribution in [-0.4, -0.2) is 51.1 Å². The molecule has 0 radical (unpaired) electrons. The third kappa shape index (κ3) is 4.05. The predicted molar refractivity (Wildman–Crippen MR) is 79.1 cm³/mol. The fraction of sp³-hybridized carbons (Fsp3) is 0.692. The van der Waals surface area contributed by atoms with Crippen molar-refractivity contribution in [3.05, 3.63) is 18.0 Å². The van der Waals surface area contributed by atoms with Gasteiger partial charge in [0.25, 0.3) is 0 Å². The molecule has 0 aromatic carbocycles. The molecule has 2 N–H and O–H groups in total. The number of aromatic nitrogens is 1. The minimum atomic E-state index is -3.49. The van der Waals surface area contributed by atoms with Gasteiger partial charge in [-0.05, 0) is 26.5 Å². The topological polar surface area (TPSA) is 74.4 Å². The predicted octanol–water partition coefficient (Wildman–Crippen LogP) is 1.17. The summed E-state index contributed by atoms with van der Waals surface area (Å²) in [5.74, 6) is 0. The molecule has 0 amide bonds. The standard InChI is InChI=1S/C13H25N3O3S/c1-5-11(2)16(6-7-19-4)20(17,18)13-8-12(9-14-3)15-10-13/h8,10-11,14-15H,5-7,9H2,1-4H3. The molecule has 116 valence electrons. The third-order valence-corrected chi connectivity index (χ3v) is 5.28. The Morgan fingerprint density at radius 2 is 2.20 bits per heavy atom. The second-order valence-corrected chi connectivity index (χ2v) is 6.65. The van der Waals surface area contributed by atoms with Gasteiger partial charge in [0.15, 0.2) is 0 Å². The minimum Gasteiger partial charge on any atom is -0.383 e. The van der Waals surface area contributed by atoms with Gasteiger partial charge in [-0.3, -0.25) is 0 Å². The van der Waals surface area contributed by atoms with Gasteiger partial charge in [0.2, 0.25) is 10.0 Å². The van der Waals surface area contributed by atoms with Gasteiger partial charge < -0.3 is 15.0 Å². The Hall–Kier alpha value is -0.890. The van der Waals surface area contributed by atoms with Crippen LogP contribution in [0.4, 0.5) is 0 Å². The fourth-order valence-electron chi connectivity index (χ4n) is 1.96. The smallest absolute Gasteiger partial charge is 0.244 e. The molecule has 1 aromatic heterocycles. The average Bonchev–Trinajstić information content (AvgIpc) is 2.88. The molecular formula is C13H25N3O3S. The van der Waals surface area contributed by atoms with Crippen LogP contribution in [-0.2, 0) is 21.3 Å². The molecule has 0 aliphatic rings. The first-order chi connectivity index (χ1) is 9.47. The molecule has 1 atom stereocenters.